The SMILES string of the molecule is CC(=O)Nc1ccc(/C=C2\NC(=S)N(c3ccc(C(C)C)cc3)C2=O)cc1. The highest BCUT2D eigenvalue weighted by molar-refractivity contribution is 7.80. The lowest BCUT2D eigenvalue weighted by atomic mass is 10.0. The lowest BCUT2D eigenvalue weighted by molar-refractivity contribution is -0.114. The summed E-state index contributed by atoms with van der Waals surface area (Å²) in [5.74, 6) is 0.107. The van der Waals surface area contributed by atoms with Gasteiger partial charge in [0, 0.05) is 12.6 Å². The predicted octanol–water partition coefficient (Wildman–Crippen LogP) is 4.03. The maximum absolute atomic E-state index is 12.8. The average Bonchev–Trinajstić information content (AvgIpc) is 2.90. The van der Waals surface area contributed by atoms with Crippen LogP contribution in [0.3, 0.4) is 0 Å². The molecule has 1 fully saturated rings. The van der Waals surface area contributed by atoms with Crippen molar-refractivity contribution >= 4 is 46.6 Å². The van der Waals surface area contributed by atoms with Gasteiger partial charge in [0.1, 0.15) is 5.70 Å². The fraction of sp³-hybridized carbons (Fsp3) is 0.190. The van der Waals surface area contributed by atoms with Crippen LogP contribution in [0, 0.1) is 0 Å². The molecule has 0 aliphatic carbocycles. The van der Waals surface area contributed by atoms with Crippen molar-refractivity contribution in [2.45, 2.75) is 26.7 Å². The molecule has 138 valence electrons. The van der Waals surface area contributed by atoms with Gasteiger partial charge < -0.3 is 10.6 Å². The van der Waals surface area contributed by atoms with Crippen LogP contribution in [-0.2, 0) is 9.59 Å². The van der Waals surface area contributed by atoms with E-state index < -0.39 is 0 Å². The summed E-state index contributed by atoms with van der Waals surface area (Å²) in [5, 5.41) is 6.05. The van der Waals surface area contributed by atoms with Crippen LogP contribution in [-0.4, -0.2) is 16.9 Å². The van der Waals surface area contributed by atoms with E-state index in [1.54, 1.807) is 18.2 Å². The molecule has 0 radical (unpaired) electrons. The zero-order valence-corrected chi connectivity index (χ0v) is 16.3. The highest BCUT2D eigenvalue weighted by Crippen LogP contribution is 2.25. The molecule has 1 aliphatic rings. The van der Waals surface area contributed by atoms with E-state index in [1.165, 1.54) is 17.4 Å². The second-order valence-electron chi connectivity index (χ2n) is 6.68. The smallest absolute Gasteiger partial charge is 0.281 e. The third-order valence-corrected chi connectivity index (χ3v) is 4.52. The molecule has 1 heterocycles. The van der Waals surface area contributed by atoms with Crippen molar-refractivity contribution in [3.05, 3.63) is 65.4 Å². The van der Waals surface area contributed by atoms with Gasteiger partial charge in [-0.05, 0) is 59.6 Å². The quantitative estimate of drug-likeness (QED) is 0.622. The normalized spacial score (nSPS) is 15.4. The molecule has 2 aromatic rings. The van der Waals surface area contributed by atoms with E-state index in [-0.39, 0.29) is 11.8 Å². The Labute approximate surface area is 164 Å². The number of hydrogen-bond donors (Lipinski definition) is 2. The van der Waals surface area contributed by atoms with Crippen LogP contribution >= 0.6 is 12.2 Å². The number of rotatable bonds is 4. The van der Waals surface area contributed by atoms with Crippen molar-refractivity contribution in [3.63, 3.8) is 0 Å². The van der Waals surface area contributed by atoms with Crippen molar-refractivity contribution in [1.29, 1.82) is 0 Å². The lowest BCUT2D eigenvalue weighted by Gasteiger charge is -2.15. The van der Waals surface area contributed by atoms with E-state index in [0.717, 1.165) is 11.3 Å². The van der Waals surface area contributed by atoms with Gasteiger partial charge >= 0.3 is 0 Å². The van der Waals surface area contributed by atoms with Crippen molar-refractivity contribution in [2.24, 2.45) is 0 Å². The van der Waals surface area contributed by atoms with Crippen LogP contribution in [0.2, 0.25) is 0 Å². The molecule has 1 saturated heterocycles. The van der Waals surface area contributed by atoms with E-state index in [2.05, 4.69) is 24.5 Å². The molecule has 0 unspecified atom stereocenters. The van der Waals surface area contributed by atoms with Crippen LogP contribution in [0.15, 0.2) is 54.2 Å². The number of hydrogen-bond acceptors (Lipinski definition) is 3. The molecule has 2 N–H and O–H groups in total. The van der Waals surface area contributed by atoms with E-state index >= 15 is 0 Å². The highest BCUT2D eigenvalue weighted by atomic mass is 32.1. The molecule has 1 aliphatic heterocycles. The van der Waals surface area contributed by atoms with Gasteiger partial charge in [-0.1, -0.05) is 38.1 Å². The Hall–Kier alpha value is -2.99. The van der Waals surface area contributed by atoms with Crippen molar-refractivity contribution < 1.29 is 9.59 Å². The first-order valence-corrected chi connectivity index (χ1v) is 9.10. The van der Waals surface area contributed by atoms with E-state index in [1.807, 2.05) is 36.4 Å². The number of carbonyl (C=O) groups excluding carboxylic acids is 2. The number of nitrogens with one attached hydrogen (secondary N) is 2. The molecule has 3 rings (SSSR count). The summed E-state index contributed by atoms with van der Waals surface area (Å²) in [5.41, 5.74) is 3.91. The van der Waals surface area contributed by atoms with Gasteiger partial charge in [0.2, 0.25) is 5.91 Å². The molecule has 5 nitrogen and oxygen atoms in total. The van der Waals surface area contributed by atoms with E-state index in [4.69, 9.17) is 12.2 Å². The number of benzene rings is 2. The van der Waals surface area contributed by atoms with Crippen LogP contribution in [0.1, 0.15) is 37.8 Å². The first-order chi connectivity index (χ1) is 12.8. The summed E-state index contributed by atoms with van der Waals surface area (Å²) in [6, 6.07) is 15.1. The Bertz CT molecular complexity index is 915. The van der Waals surface area contributed by atoms with Gasteiger partial charge in [0.25, 0.3) is 5.91 Å². The van der Waals surface area contributed by atoms with Gasteiger partial charge in [0.15, 0.2) is 5.11 Å². The molecule has 0 spiro atoms. The fourth-order valence-electron chi connectivity index (χ4n) is 2.81. The standard InChI is InChI=1S/C21H21N3O2S/c1-13(2)16-6-10-18(11-7-16)24-20(26)19(23-21(24)27)12-15-4-8-17(9-5-15)22-14(3)25/h4-13H,1-3H3,(H,22,25)(H,23,27)/b19-12-. The van der Waals surface area contributed by atoms with Gasteiger partial charge in [-0.15, -0.1) is 0 Å². The zero-order chi connectivity index (χ0) is 19.6. The molecular weight excluding hydrogens is 358 g/mol. The highest BCUT2D eigenvalue weighted by Gasteiger charge is 2.31. The minimum Gasteiger partial charge on any atom is -0.327 e. The monoisotopic (exact) mass is 379 g/mol. The summed E-state index contributed by atoms with van der Waals surface area (Å²) in [6.45, 7) is 5.71. The number of carbonyl (C=O) groups is 2. The molecule has 6 heteroatoms. The molecule has 2 aromatic carbocycles. The third-order valence-electron chi connectivity index (χ3n) is 4.24. The molecule has 2 amide bonds. The molecular formula is C21H21N3O2S. The summed E-state index contributed by atoms with van der Waals surface area (Å²) in [6.07, 6.45) is 1.74. The number of thiocarbonyl (C=S) groups is 1. The van der Waals surface area contributed by atoms with E-state index in [9.17, 15) is 9.59 Å². The Balaban J connectivity index is 1.80. The third kappa shape index (κ3) is 4.23. The summed E-state index contributed by atoms with van der Waals surface area (Å²) >= 11 is 5.35. The summed E-state index contributed by atoms with van der Waals surface area (Å²) in [4.78, 5) is 25.4. The molecule has 0 aromatic heterocycles. The molecule has 0 atom stereocenters. The minimum absolute atomic E-state index is 0.127. The zero-order valence-electron chi connectivity index (χ0n) is 15.4. The maximum Gasteiger partial charge on any atom is 0.281 e. The van der Waals surface area contributed by atoms with E-state index in [0.29, 0.717) is 22.4 Å². The van der Waals surface area contributed by atoms with Crippen LogP contribution in [0.4, 0.5) is 11.4 Å². The Morgan fingerprint density at radius 3 is 2.30 bits per heavy atom. The van der Waals surface area contributed by atoms with Crippen molar-refractivity contribution in [2.75, 3.05) is 10.2 Å². The Morgan fingerprint density at radius 2 is 1.74 bits per heavy atom. The number of anilines is 2. The maximum atomic E-state index is 12.8. The van der Waals surface area contributed by atoms with Gasteiger partial charge in [-0.2, -0.15) is 0 Å². The molecule has 0 bridgehead atoms. The van der Waals surface area contributed by atoms with Crippen LogP contribution < -0.4 is 15.5 Å². The summed E-state index contributed by atoms with van der Waals surface area (Å²) < 4.78 is 0. The van der Waals surface area contributed by atoms with Crippen molar-refractivity contribution in [1.82, 2.24) is 5.32 Å². The molecule has 0 saturated carbocycles. The first-order valence-electron chi connectivity index (χ1n) is 8.70. The number of nitrogens with zero attached hydrogens (tertiary/aromatic N) is 1. The minimum atomic E-state index is -0.191. The second kappa shape index (κ2) is 7.72. The van der Waals surface area contributed by atoms with Gasteiger partial charge in [0.05, 0.1) is 5.69 Å². The summed E-state index contributed by atoms with van der Waals surface area (Å²) in [7, 11) is 0. The molecule has 27 heavy (non-hydrogen) atoms. The average molecular weight is 379 g/mol. The Kier molecular flexibility index (Phi) is 5.37. The fourth-order valence-corrected chi connectivity index (χ4v) is 3.11. The largest absolute Gasteiger partial charge is 0.327 e. The topological polar surface area (TPSA) is 61.4 Å². The lowest BCUT2D eigenvalue weighted by Crippen LogP contribution is -2.30. The predicted molar refractivity (Wildman–Crippen MR) is 112 cm³/mol. The van der Waals surface area contributed by atoms with Crippen LogP contribution in [0.25, 0.3) is 6.08 Å². The Morgan fingerprint density at radius 1 is 1.11 bits per heavy atom. The number of amides is 2. The van der Waals surface area contributed by atoms with Gasteiger partial charge in [-0.25, -0.2) is 0 Å². The van der Waals surface area contributed by atoms with Gasteiger partial charge in [-0.3, -0.25) is 14.5 Å². The van der Waals surface area contributed by atoms with Crippen molar-refractivity contribution in [3.8, 4) is 0 Å². The second-order valence-corrected chi connectivity index (χ2v) is 7.06. The van der Waals surface area contributed by atoms with Crippen LogP contribution in [0.5, 0.6) is 0 Å². The first kappa shape index (κ1) is 18.8.